The lowest BCUT2D eigenvalue weighted by Gasteiger charge is -2.12. The van der Waals surface area contributed by atoms with Gasteiger partial charge in [0.2, 0.25) is 0 Å². The van der Waals surface area contributed by atoms with E-state index in [-0.39, 0.29) is 5.97 Å². The van der Waals surface area contributed by atoms with Crippen molar-refractivity contribution in [2.75, 3.05) is 12.4 Å². The summed E-state index contributed by atoms with van der Waals surface area (Å²) in [6.07, 6.45) is 6.66. The van der Waals surface area contributed by atoms with Gasteiger partial charge in [-0.15, -0.1) is 11.3 Å². The van der Waals surface area contributed by atoms with E-state index >= 15 is 0 Å². The highest BCUT2D eigenvalue weighted by Crippen LogP contribution is 2.37. The van der Waals surface area contributed by atoms with Crippen molar-refractivity contribution in [3.05, 3.63) is 33.0 Å². The standard InChI is InChI=1S/C20H28N4O2S2/c1-12-15(13(2)24(3)23-12)11-21-20(27)22-18-17(19(25)26-4)14-9-7-5-6-8-10-16(14)28-18/h5-11H2,1-4H3,(H2,21,22,27). The molecule has 0 fully saturated rings. The van der Waals surface area contributed by atoms with Gasteiger partial charge in [0.05, 0.1) is 18.4 Å². The van der Waals surface area contributed by atoms with E-state index < -0.39 is 0 Å². The Morgan fingerprint density at radius 2 is 1.96 bits per heavy atom. The summed E-state index contributed by atoms with van der Waals surface area (Å²) in [7, 11) is 3.37. The highest BCUT2D eigenvalue weighted by molar-refractivity contribution is 7.80. The van der Waals surface area contributed by atoms with Crippen LogP contribution in [-0.4, -0.2) is 28.0 Å². The van der Waals surface area contributed by atoms with E-state index in [0.29, 0.717) is 17.2 Å². The highest BCUT2D eigenvalue weighted by atomic mass is 32.1. The van der Waals surface area contributed by atoms with E-state index in [1.54, 1.807) is 11.3 Å². The van der Waals surface area contributed by atoms with Crippen LogP contribution in [0.3, 0.4) is 0 Å². The Labute approximate surface area is 175 Å². The molecule has 8 heteroatoms. The number of aryl methyl sites for hydroxylation is 3. The van der Waals surface area contributed by atoms with Crippen LogP contribution in [0.25, 0.3) is 0 Å². The van der Waals surface area contributed by atoms with E-state index in [0.717, 1.165) is 53.2 Å². The van der Waals surface area contributed by atoms with Crippen molar-refractivity contribution >= 4 is 39.6 Å². The fourth-order valence-corrected chi connectivity index (χ4v) is 5.24. The topological polar surface area (TPSA) is 68.2 Å². The minimum absolute atomic E-state index is 0.290. The number of thiophene rings is 1. The minimum atomic E-state index is -0.290. The summed E-state index contributed by atoms with van der Waals surface area (Å²) in [4.78, 5) is 13.8. The first-order chi connectivity index (χ1) is 13.4. The maximum absolute atomic E-state index is 12.5. The van der Waals surface area contributed by atoms with Crippen LogP contribution in [0.1, 0.15) is 63.4 Å². The zero-order valence-corrected chi connectivity index (χ0v) is 18.6. The van der Waals surface area contributed by atoms with Gasteiger partial charge in [0, 0.05) is 29.7 Å². The van der Waals surface area contributed by atoms with E-state index in [1.807, 2.05) is 25.6 Å². The number of carbonyl (C=O) groups excluding carboxylic acids is 1. The van der Waals surface area contributed by atoms with Crippen molar-refractivity contribution in [1.82, 2.24) is 15.1 Å². The number of esters is 1. The van der Waals surface area contributed by atoms with Crippen LogP contribution < -0.4 is 10.6 Å². The SMILES string of the molecule is COC(=O)c1c(NC(=S)NCc2c(C)nn(C)c2C)sc2c1CCCCCC2. The minimum Gasteiger partial charge on any atom is -0.465 e. The number of ether oxygens (including phenoxy) is 1. The summed E-state index contributed by atoms with van der Waals surface area (Å²) in [5.41, 5.74) is 5.04. The Bertz CT molecular complexity index is 885. The monoisotopic (exact) mass is 420 g/mol. The van der Waals surface area contributed by atoms with Crippen molar-refractivity contribution in [3.63, 3.8) is 0 Å². The Balaban J connectivity index is 1.77. The number of anilines is 1. The molecule has 0 spiro atoms. The third-order valence-corrected chi connectivity index (χ3v) is 6.83. The van der Waals surface area contributed by atoms with Gasteiger partial charge < -0.3 is 15.4 Å². The molecule has 0 aliphatic heterocycles. The lowest BCUT2D eigenvalue weighted by Crippen LogP contribution is -2.28. The first kappa shape index (κ1) is 20.8. The first-order valence-corrected chi connectivity index (χ1v) is 10.9. The highest BCUT2D eigenvalue weighted by Gasteiger charge is 2.25. The van der Waals surface area contributed by atoms with Gasteiger partial charge in [-0.1, -0.05) is 12.8 Å². The molecule has 1 aliphatic carbocycles. The van der Waals surface area contributed by atoms with E-state index in [2.05, 4.69) is 15.7 Å². The molecule has 6 nitrogen and oxygen atoms in total. The molecular weight excluding hydrogens is 392 g/mol. The lowest BCUT2D eigenvalue weighted by molar-refractivity contribution is 0.0601. The van der Waals surface area contributed by atoms with Gasteiger partial charge in [0.1, 0.15) is 5.00 Å². The summed E-state index contributed by atoms with van der Waals surface area (Å²) in [5.74, 6) is -0.290. The van der Waals surface area contributed by atoms with Crippen molar-refractivity contribution in [1.29, 1.82) is 0 Å². The number of hydrogen-bond donors (Lipinski definition) is 2. The van der Waals surface area contributed by atoms with Crippen molar-refractivity contribution < 1.29 is 9.53 Å². The second-order valence-electron chi connectivity index (χ2n) is 7.19. The Kier molecular flexibility index (Phi) is 6.72. The van der Waals surface area contributed by atoms with Gasteiger partial charge in [0.25, 0.3) is 0 Å². The quantitative estimate of drug-likeness (QED) is 0.575. The summed E-state index contributed by atoms with van der Waals surface area (Å²) >= 11 is 7.14. The van der Waals surface area contributed by atoms with Crippen LogP contribution >= 0.6 is 23.6 Å². The van der Waals surface area contributed by atoms with Crippen LogP contribution in [0.15, 0.2) is 0 Å². The number of thiocarbonyl (C=S) groups is 1. The molecule has 28 heavy (non-hydrogen) atoms. The van der Waals surface area contributed by atoms with Crippen LogP contribution in [-0.2, 0) is 31.2 Å². The molecule has 2 heterocycles. The molecule has 3 rings (SSSR count). The summed E-state index contributed by atoms with van der Waals surface area (Å²) in [6.45, 7) is 4.63. The number of hydrogen-bond acceptors (Lipinski definition) is 5. The number of methoxy groups -OCH3 is 1. The van der Waals surface area contributed by atoms with Crippen LogP contribution in [0.5, 0.6) is 0 Å². The summed E-state index contributed by atoms with van der Waals surface area (Å²) in [6, 6.07) is 0. The zero-order chi connectivity index (χ0) is 20.3. The Morgan fingerprint density at radius 3 is 2.61 bits per heavy atom. The maximum Gasteiger partial charge on any atom is 0.341 e. The van der Waals surface area contributed by atoms with Gasteiger partial charge >= 0.3 is 5.97 Å². The normalized spacial score (nSPS) is 14.0. The number of rotatable bonds is 4. The van der Waals surface area contributed by atoms with Gasteiger partial charge in [-0.25, -0.2) is 4.79 Å². The summed E-state index contributed by atoms with van der Waals surface area (Å²) < 4.78 is 6.94. The number of fused-ring (bicyclic) bond motifs is 1. The second kappa shape index (κ2) is 9.05. The van der Waals surface area contributed by atoms with Crippen molar-refractivity contribution in [2.24, 2.45) is 7.05 Å². The Morgan fingerprint density at radius 1 is 1.25 bits per heavy atom. The van der Waals surface area contributed by atoms with Crippen LogP contribution in [0.2, 0.25) is 0 Å². The average Bonchev–Trinajstić information content (AvgIpc) is 3.08. The molecule has 1 aliphatic rings. The van der Waals surface area contributed by atoms with Crippen LogP contribution in [0, 0.1) is 13.8 Å². The predicted molar refractivity (Wildman–Crippen MR) is 117 cm³/mol. The molecule has 2 N–H and O–H groups in total. The smallest absolute Gasteiger partial charge is 0.341 e. The molecule has 0 atom stereocenters. The summed E-state index contributed by atoms with van der Waals surface area (Å²) in [5, 5.41) is 12.2. The third kappa shape index (κ3) is 4.38. The van der Waals surface area contributed by atoms with Crippen LogP contribution in [0.4, 0.5) is 5.00 Å². The second-order valence-corrected chi connectivity index (χ2v) is 8.71. The predicted octanol–water partition coefficient (Wildman–Crippen LogP) is 4.03. The van der Waals surface area contributed by atoms with E-state index in [9.17, 15) is 4.79 Å². The van der Waals surface area contributed by atoms with Crippen molar-refractivity contribution in [3.8, 4) is 0 Å². The molecular formula is C20H28N4O2S2. The van der Waals surface area contributed by atoms with Gasteiger partial charge in [-0.05, 0) is 57.3 Å². The maximum atomic E-state index is 12.5. The van der Waals surface area contributed by atoms with Gasteiger partial charge in [-0.2, -0.15) is 5.10 Å². The molecule has 0 aromatic carbocycles. The molecule has 2 aromatic heterocycles. The molecule has 152 valence electrons. The molecule has 2 aromatic rings. The first-order valence-electron chi connectivity index (χ1n) is 9.69. The molecule has 0 bridgehead atoms. The van der Waals surface area contributed by atoms with E-state index in [1.165, 1.54) is 24.8 Å². The van der Waals surface area contributed by atoms with Gasteiger partial charge in [-0.3, -0.25) is 4.68 Å². The molecule has 0 saturated carbocycles. The molecule has 0 unspecified atom stereocenters. The molecule has 0 radical (unpaired) electrons. The Hall–Kier alpha value is -1.93. The van der Waals surface area contributed by atoms with E-state index in [4.69, 9.17) is 17.0 Å². The van der Waals surface area contributed by atoms with Crippen molar-refractivity contribution in [2.45, 2.75) is 58.9 Å². The number of aromatic nitrogens is 2. The third-order valence-electron chi connectivity index (χ3n) is 5.37. The average molecular weight is 421 g/mol. The largest absolute Gasteiger partial charge is 0.465 e. The fraction of sp³-hybridized carbons (Fsp3) is 0.550. The zero-order valence-electron chi connectivity index (χ0n) is 17.0. The number of carbonyl (C=O) groups is 1. The fourth-order valence-electron chi connectivity index (χ4n) is 3.71. The number of nitrogens with one attached hydrogen (secondary N) is 2. The molecule has 0 saturated heterocycles. The molecule has 0 amide bonds. The lowest BCUT2D eigenvalue weighted by atomic mass is 9.96. The van der Waals surface area contributed by atoms with Gasteiger partial charge in [0.15, 0.2) is 5.11 Å². The number of nitrogens with zero attached hydrogens (tertiary/aromatic N) is 2.